The number of methoxy groups -OCH3 is 1. The molecule has 1 aromatic carbocycles. The highest BCUT2D eigenvalue weighted by atomic mass is 35.5. The summed E-state index contributed by atoms with van der Waals surface area (Å²) < 4.78 is 5.33. The number of ether oxygens (including phenoxy) is 1. The van der Waals surface area contributed by atoms with Crippen molar-refractivity contribution in [3.8, 4) is 5.75 Å². The number of nitrogens with zero attached hydrogens (tertiary/aromatic N) is 3. The first-order valence-corrected chi connectivity index (χ1v) is 9.80. The van der Waals surface area contributed by atoms with Crippen molar-refractivity contribution >= 4 is 29.1 Å². The van der Waals surface area contributed by atoms with E-state index in [-0.39, 0.29) is 23.4 Å². The largest absolute Gasteiger partial charge is 0.507 e. The van der Waals surface area contributed by atoms with E-state index in [0.29, 0.717) is 16.3 Å². The van der Waals surface area contributed by atoms with Gasteiger partial charge in [0.05, 0.1) is 24.3 Å². The van der Waals surface area contributed by atoms with Crippen molar-refractivity contribution in [3.05, 3.63) is 94.5 Å². The van der Waals surface area contributed by atoms with Gasteiger partial charge in [0.15, 0.2) is 0 Å². The van der Waals surface area contributed by atoms with E-state index in [1.165, 1.54) is 18.1 Å². The maximum atomic E-state index is 13.1. The Morgan fingerprint density at radius 2 is 1.90 bits per heavy atom. The van der Waals surface area contributed by atoms with Crippen LogP contribution in [0.5, 0.6) is 5.75 Å². The van der Waals surface area contributed by atoms with Gasteiger partial charge in [-0.15, -0.1) is 0 Å². The average Bonchev–Trinajstić information content (AvgIpc) is 3.04. The normalized spacial score (nSPS) is 17.7. The molecule has 0 saturated carbocycles. The number of benzene rings is 1. The van der Waals surface area contributed by atoms with Crippen LogP contribution in [0.25, 0.3) is 5.76 Å². The number of carbonyl (C=O) groups is 2. The molecule has 0 aliphatic carbocycles. The number of likely N-dealkylation sites (tertiary alicyclic amines) is 1. The molecule has 1 saturated heterocycles. The van der Waals surface area contributed by atoms with Gasteiger partial charge in [0, 0.05) is 36.4 Å². The summed E-state index contributed by atoms with van der Waals surface area (Å²) in [6, 6.07) is 10.9. The number of rotatable bonds is 5. The lowest BCUT2D eigenvalue weighted by Crippen LogP contribution is -2.29. The van der Waals surface area contributed by atoms with E-state index in [1.807, 2.05) is 6.07 Å². The summed E-state index contributed by atoms with van der Waals surface area (Å²) in [6.07, 6.45) is 6.39. The molecule has 0 spiro atoms. The highest BCUT2D eigenvalue weighted by Gasteiger charge is 2.46. The number of Topliss-reactive ketones (excluding diaryl/α,β-unsaturated/α-hetero) is 1. The monoisotopic (exact) mass is 435 g/mol. The number of halogens is 1. The Balaban J connectivity index is 1.90. The summed E-state index contributed by atoms with van der Waals surface area (Å²) in [5.74, 6) is -1.53. The van der Waals surface area contributed by atoms with Gasteiger partial charge in [-0.25, -0.2) is 0 Å². The fraction of sp³-hybridized carbons (Fsp3) is 0.130. The topological polar surface area (TPSA) is 92.6 Å². The van der Waals surface area contributed by atoms with Crippen LogP contribution in [0.1, 0.15) is 22.7 Å². The summed E-state index contributed by atoms with van der Waals surface area (Å²) >= 11 is 6.11. The van der Waals surface area contributed by atoms with Crippen LogP contribution < -0.4 is 4.74 Å². The van der Waals surface area contributed by atoms with E-state index in [9.17, 15) is 14.7 Å². The zero-order chi connectivity index (χ0) is 22.0. The summed E-state index contributed by atoms with van der Waals surface area (Å²) in [6.45, 7) is 0.148. The molecule has 1 atom stereocenters. The molecule has 7 nitrogen and oxygen atoms in total. The Bertz CT molecular complexity index is 1170. The van der Waals surface area contributed by atoms with Gasteiger partial charge in [-0.1, -0.05) is 17.7 Å². The molecular weight excluding hydrogens is 418 g/mol. The lowest BCUT2D eigenvalue weighted by atomic mass is 9.95. The summed E-state index contributed by atoms with van der Waals surface area (Å²) in [5.41, 5.74) is 1.58. The number of aliphatic hydroxyl groups is 1. The molecule has 1 aliphatic rings. The second-order valence-electron chi connectivity index (χ2n) is 6.91. The average molecular weight is 436 g/mol. The number of hydrogen-bond acceptors (Lipinski definition) is 6. The zero-order valence-corrected chi connectivity index (χ0v) is 17.3. The van der Waals surface area contributed by atoms with E-state index < -0.39 is 17.7 Å². The van der Waals surface area contributed by atoms with Gasteiger partial charge >= 0.3 is 0 Å². The van der Waals surface area contributed by atoms with Crippen LogP contribution in [0.4, 0.5) is 0 Å². The summed E-state index contributed by atoms with van der Waals surface area (Å²) in [4.78, 5) is 35.6. The van der Waals surface area contributed by atoms with Gasteiger partial charge in [0.2, 0.25) is 0 Å². The Kier molecular flexibility index (Phi) is 5.68. The van der Waals surface area contributed by atoms with E-state index >= 15 is 0 Å². The van der Waals surface area contributed by atoms with Crippen LogP contribution in [0, 0.1) is 0 Å². The molecule has 1 N–H and O–H groups in total. The molecule has 0 bridgehead atoms. The molecule has 2 aromatic heterocycles. The fourth-order valence-corrected chi connectivity index (χ4v) is 3.81. The molecule has 8 heteroatoms. The van der Waals surface area contributed by atoms with Gasteiger partial charge in [-0.2, -0.15) is 0 Å². The minimum Gasteiger partial charge on any atom is -0.507 e. The van der Waals surface area contributed by atoms with Gasteiger partial charge < -0.3 is 14.7 Å². The van der Waals surface area contributed by atoms with Crippen molar-refractivity contribution in [2.75, 3.05) is 7.11 Å². The van der Waals surface area contributed by atoms with E-state index in [0.717, 1.165) is 5.56 Å². The van der Waals surface area contributed by atoms with Crippen molar-refractivity contribution < 1.29 is 19.4 Å². The predicted octanol–water partition coefficient (Wildman–Crippen LogP) is 3.76. The van der Waals surface area contributed by atoms with Gasteiger partial charge in [-0.05, 0) is 47.5 Å². The predicted molar refractivity (Wildman–Crippen MR) is 114 cm³/mol. The van der Waals surface area contributed by atoms with E-state index in [1.54, 1.807) is 55.1 Å². The maximum Gasteiger partial charge on any atom is 0.295 e. The number of aromatic nitrogens is 2. The maximum absolute atomic E-state index is 13.1. The van der Waals surface area contributed by atoms with Crippen LogP contribution in [0.2, 0.25) is 5.02 Å². The Labute approximate surface area is 183 Å². The lowest BCUT2D eigenvalue weighted by Gasteiger charge is -2.25. The fourth-order valence-electron chi connectivity index (χ4n) is 3.63. The minimum atomic E-state index is -0.813. The summed E-state index contributed by atoms with van der Waals surface area (Å²) in [7, 11) is 1.45. The molecule has 0 radical (unpaired) electrons. The molecule has 1 unspecified atom stereocenters. The first-order chi connectivity index (χ1) is 15.0. The zero-order valence-electron chi connectivity index (χ0n) is 16.5. The standard InChI is InChI=1S/C23H18ClN3O4/c1-31-18-5-4-16(24)11-17(18)21(28)19-20(15-6-9-25-10-7-15)27(23(30)22(19)29)13-14-3-2-8-26-12-14/h2-12,20,28H,13H2,1H3/b21-19+. The Morgan fingerprint density at radius 1 is 1.13 bits per heavy atom. The van der Waals surface area contributed by atoms with E-state index in [4.69, 9.17) is 16.3 Å². The van der Waals surface area contributed by atoms with Crippen LogP contribution in [0.3, 0.4) is 0 Å². The smallest absolute Gasteiger partial charge is 0.295 e. The number of amides is 1. The first kappa shape index (κ1) is 20.6. The number of carbonyl (C=O) groups excluding carboxylic acids is 2. The van der Waals surface area contributed by atoms with Crippen molar-refractivity contribution in [1.29, 1.82) is 0 Å². The number of pyridine rings is 2. The van der Waals surface area contributed by atoms with Crippen molar-refractivity contribution in [2.24, 2.45) is 0 Å². The number of hydrogen-bond donors (Lipinski definition) is 1. The molecule has 1 aliphatic heterocycles. The molecular formula is C23H18ClN3O4. The lowest BCUT2D eigenvalue weighted by molar-refractivity contribution is -0.140. The van der Waals surface area contributed by atoms with Gasteiger partial charge in [0.1, 0.15) is 11.5 Å². The molecule has 156 valence electrons. The molecule has 1 fully saturated rings. The molecule has 4 rings (SSSR count). The van der Waals surface area contributed by atoms with Gasteiger partial charge in [0.25, 0.3) is 11.7 Å². The molecule has 1 amide bonds. The van der Waals surface area contributed by atoms with Crippen molar-refractivity contribution in [2.45, 2.75) is 12.6 Å². The Hall–Kier alpha value is -3.71. The highest BCUT2D eigenvalue weighted by molar-refractivity contribution is 6.46. The van der Waals surface area contributed by atoms with Gasteiger partial charge in [-0.3, -0.25) is 19.6 Å². The third kappa shape index (κ3) is 3.87. The van der Waals surface area contributed by atoms with Crippen LogP contribution >= 0.6 is 11.6 Å². The molecule has 31 heavy (non-hydrogen) atoms. The SMILES string of the molecule is COc1ccc(Cl)cc1/C(O)=C1\C(=O)C(=O)N(Cc2cccnc2)C1c1ccncc1. The second kappa shape index (κ2) is 8.57. The third-order valence-electron chi connectivity index (χ3n) is 5.05. The van der Waals surface area contributed by atoms with E-state index in [2.05, 4.69) is 9.97 Å². The number of ketones is 1. The second-order valence-corrected chi connectivity index (χ2v) is 7.35. The minimum absolute atomic E-state index is 0.0411. The van der Waals surface area contributed by atoms with Crippen molar-refractivity contribution in [3.63, 3.8) is 0 Å². The quantitative estimate of drug-likeness (QED) is 0.372. The molecule has 3 aromatic rings. The third-order valence-corrected chi connectivity index (χ3v) is 5.29. The van der Waals surface area contributed by atoms with Crippen LogP contribution in [0.15, 0.2) is 72.8 Å². The summed E-state index contributed by atoms with van der Waals surface area (Å²) in [5, 5.41) is 11.5. The first-order valence-electron chi connectivity index (χ1n) is 9.42. The van der Waals surface area contributed by atoms with Crippen LogP contribution in [-0.2, 0) is 16.1 Å². The van der Waals surface area contributed by atoms with Crippen LogP contribution in [-0.4, -0.2) is 38.8 Å². The number of aliphatic hydroxyl groups excluding tert-OH is 1. The Morgan fingerprint density at radius 3 is 2.58 bits per heavy atom. The molecule has 3 heterocycles. The van der Waals surface area contributed by atoms with Crippen molar-refractivity contribution in [1.82, 2.24) is 14.9 Å². The highest BCUT2D eigenvalue weighted by Crippen LogP contribution is 2.41.